The third-order valence-corrected chi connectivity index (χ3v) is 5.36. The Balaban J connectivity index is 3.41. The first-order chi connectivity index (χ1) is 12.2. The Kier molecular flexibility index (Phi) is 7.59. The van der Waals surface area contributed by atoms with Crippen LogP contribution in [-0.4, -0.2) is 39.5 Å². The molecule has 0 aliphatic rings. The van der Waals surface area contributed by atoms with Crippen LogP contribution in [0.2, 0.25) is 0 Å². The predicted octanol–water partition coefficient (Wildman–Crippen LogP) is 3.30. The molecule has 0 aliphatic heterocycles. The minimum Gasteiger partial charge on any atom is -0.468 e. The van der Waals surface area contributed by atoms with E-state index in [1.54, 1.807) is 11.0 Å². The van der Waals surface area contributed by atoms with E-state index in [2.05, 4.69) is 4.74 Å². The number of carbonyl (C=O) groups is 1. The Bertz CT molecular complexity index is 745. The van der Waals surface area contributed by atoms with E-state index in [0.717, 1.165) is 7.11 Å². The Hall–Kier alpha value is -1.47. The van der Waals surface area contributed by atoms with Crippen LogP contribution < -0.4 is 4.72 Å². The summed E-state index contributed by atoms with van der Waals surface area (Å²) in [4.78, 5) is 10.4. The van der Waals surface area contributed by atoms with Gasteiger partial charge in [0.1, 0.15) is 6.04 Å². The number of esters is 1. The minimum atomic E-state index is -5.20. The first-order valence-corrected chi connectivity index (χ1v) is 9.98. The molecule has 0 amide bonds. The van der Waals surface area contributed by atoms with Crippen LogP contribution in [0.25, 0.3) is 0 Å². The highest BCUT2D eigenvalue weighted by Crippen LogP contribution is 2.37. The molecule has 27 heavy (non-hydrogen) atoms. The normalized spacial score (nSPS) is 14.1. The molecule has 1 unspecified atom stereocenters. The van der Waals surface area contributed by atoms with Gasteiger partial charge in [-0.25, -0.2) is 8.42 Å². The van der Waals surface area contributed by atoms with Crippen molar-refractivity contribution in [3.63, 3.8) is 0 Å². The average Bonchev–Trinajstić information content (AvgIpc) is 2.55. The van der Waals surface area contributed by atoms with Gasteiger partial charge in [0.05, 0.1) is 23.1 Å². The van der Waals surface area contributed by atoms with Crippen LogP contribution >= 0.6 is 11.8 Å². The van der Waals surface area contributed by atoms with Gasteiger partial charge in [0.15, 0.2) is 0 Å². The molecular weight excluding hydrogens is 424 g/mol. The van der Waals surface area contributed by atoms with Gasteiger partial charge < -0.3 is 4.74 Å². The van der Waals surface area contributed by atoms with Crippen LogP contribution in [0.4, 0.5) is 26.3 Å². The summed E-state index contributed by atoms with van der Waals surface area (Å²) in [5.74, 6) is -0.728. The topological polar surface area (TPSA) is 72.5 Å². The molecule has 0 bridgehead atoms. The lowest BCUT2D eigenvalue weighted by molar-refractivity contribution is -0.144. The van der Waals surface area contributed by atoms with Crippen LogP contribution in [0.1, 0.15) is 17.5 Å². The minimum absolute atomic E-state index is 0.0699. The number of nitrogens with one attached hydrogen (secondary N) is 1. The molecule has 1 N–H and O–H groups in total. The Labute approximate surface area is 155 Å². The molecule has 0 fully saturated rings. The number of hydrogen-bond donors (Lipinski definition) is 1. The van der Waals surface area contributed by atoms with Gasteiger partial charge in [-0.1, -0.05) is 0 Å². The average molecular weight is 439 g/mol. The quantitative estimate of drug-likeness (QED) is 0.522. The zero-order valence-corrected chi connectivity index (χ0v) is 15.6. The van der Waals surface area contributed by atoms with Gasteiger partial charge in [0.25, 0.3) is 0 Å². The van der Waals surface area contributed by atoms with Gasteiger partial charge >= 0.3 is 18.3 Å². The molecule has 0 spiro atoms. The zero-order chi connectivity index (χ0) is 21.0. The van der Waals surface area contributed by atoms with E-state index >= 15 is 0 Å². The number of carbonyl (C=O) groups excluding carboxylic acids is 1. The van der Waals surface area contributed by atoms with Gasteiger partial charge in [0, 0.05) is 0 Å². The monoisotopic (exact) mass is 439 g/mol. The van der Waals surface area contributed by atoms with E-state index in [9.17, 15) is 39.6 Å². The molecular formula is C14H15F6NO4S2. The number of methoxy groups -OCH3 is 1. The van der Waals surface area contributed by atoms with Crippen LogP contribution in [-0.2, 0) is 31.9 Å². The number of alkyl halides is 6. The summed E-state index contributed by atoms with van der Waals surface area (Å²) < 4.78 is 108. The van der Waals surface area contributed by atoms with Gasteiger partial charge in [-0.3, -0.25) is 4.79 Å². The van der Waals surface area contributed by atoms with Crippen molar-refractivity contribution < 1.29 is 44.3 Å². The summed E-state index contributed by atoms with van der Waals surface area (Å²) in [6.45, 7) is 0. The fourth-order valence-electron chi connectivity index (χ4n) is 1.94. The van der Waals surface area contributed by atoms with E-state index < -0.39 is 50.4 Å². The van der Waals surface area contributed by atoms with Gasteiger partial charge in [0.2, 0.25) is 10.0 Å². The fraction of sp³-hybridized carbons (Fsp3) is 0.500. The van der Waals surface area contributed by atoms with E-state index in [1.165, 1.54) is 11.8 Å². The predicted molar refractivity (Wildman–Crippen MR) is 85.6 cm³/mol. The Morgan fingerprint density at radius 1 is 1.11 bits per heavy atom. The second kappa shape index (κ2) is 8.69. The van der Waals surface area contributed by atoms with Crippen molar-refractivity contribution in [3.8, 4) is 0 Å². The number of hydrogen-bond acceptors (Lipinski definition) is 5. The van der Waals surface area contributed by atoms with E-state index in [4.69, 9.17) is 0 Å². The van der Waals surface area contributed by atoms with Crippen molar-refractivity contribution in [1.82, 2.24) is 4.72 Å². The first kappa shape index (κ1) is 23.6. The fourth-order valence-corrected chi connectivity index (χ4v) is 3.70. The first-order valence-electron chi connectivity index (χ1n) is 7.11. The van der Waals surface area contributed by atoms with E-state index in [0.29, 0.717) is 5.75 Å². The maximum absolute atomic E-state index is 12.9. The summed E-state index contributed by atoms with van der Waals surface area (Å²) in [5.41, 5.74) is -3.56. The van der Waals surface area contributed by atoms with Gasteiger partial charge in [-0.05, 0) is 36.6 Å². The van der Waals surface area contributed by atoms with Crippen molar-refractivity contribution in [2.24, 2.45) is 0 Å². The molecule has 1 aromatic carbocycles. The number of benzene rings is 1. The Morgan fingerprint density at radius 2 is 1.59 bits per heavy atom. The number of halogens is 6. The van der Waals surface area contributed by atoms with Crippen LogP contribution in [0.3, 0.4) is 0 Å². The van der Waals surface area contributed by atoms with Crippen molar-refractivity contribution in [3.05, 3.63) is 29.3 Å². The van der Waals surface area contributed by atoms with E-state index in [-0.39, 0.29) is 24.6 Å². The number of thioether (sulfide) groups is 1. The molecule has 5 nitrogen and oxygen atoms in total. The number of ether oxygens (including phenoxy) is 1. The van der Waals surface area contributed by atoms with E-state index in [1.807, 2.05) is 0 Å². The third-order valence-electron chi connectivity index (χ3n) is 3.27. The standard InChI is InChI=1S/C14H15F6NO4S2/c1-25-12(22)11(3-4-26-2)21-27(23,24)10-6-8(13(15,16)17)5-9(7-10)14(18,19)20/h5-7,11,21H,3-4H2,1-2H3. The molecule has 0 heterocycles. The molecule has 1 rings (SSSR count). The second-order valence-electron chi connectivity index (χ2n) is 5.22. The maximum atomic E-state index is 12.9. The Morgan fingerprint density at radius 3 is 1.96 bits per heavy atom. The summed E-state index contributed by atoms with van der Waals surface area (Å²) in [5, 5.41) is 0. The van der Waals surface area contributed by atoms with Crippen LogP contribution in [0.15, 0.2) is 23.1 Å². The lowest BCUT2D eigenvalue weighted by Crippen LogP contribution is -2.42. The summed E-state index contributed by atoms with van der Waals surface area (Å²) in [7, 11) is -3.90. The van der Waals surface area contributed by atoms with Crippen molar-refractivity contribution >= 4 is 27.8 Å². The highest BCUT2D eigenvalue weighted by molar-refractivity contribution is 7.98. The van der Waals surface area contributed by atoms with Crippen molar-refractivity contribution in [2.75, 3.05) is 19.1 Å². The largest absolute Gasteiger partial charge is 0.468 e. The molecule has 13 heteroatoms. The maximum Gasteiger partial charge on any atom is 0.416 e. The molecule has 0 saturated heterocycles. The van der Waals surface area contributed by atoms with Crippen LogP contribution in [0, 0.1) is 0 Å². The highest BCUT2D eigenvalue weighted by Gasteiger charge is 2.38. The molecule has 0 aromatic heterocycles. The molecule has 0 radical (unpaired) electrons. The second-order valence-corrected chi connectivity index (χ2v) is 7.92. The third kappa shape index (κ3) is 6.57. The van der Waals surface area contributed by atoms with Crippen molar-refractivity contribution in [1.29, 1.82) is 0 Å². The molecule has 154 valence electrons. The van der Waals surface area contributed by atoms with Gasteiger partial charge in [-0.2, -0.15) is 42.8 Å². The molecule has 1 aromatic rings. The lowest BCUT2D eigenvalue weighted by atomic mass is 10.1. The van der Waals surface area contributed by atoms with Crippen molar-refractivity contribution in [2.45, 2.75) is 29.7 Å². The molecule has 0 saturated carbocycles. The number of sulfonamides is 1. The smallest absolute Gasteiger partial charge is 0.416 e. The number of rotatable bonds is 7. The lowest BCUT2D eigenvalue weighted by Gasteiger charge is -2.18. The van der Waals surface area contributed by atoms with Gasteiger partial charge in [-0.15, -0.1) is 0 Å². The summed E-state index contributed by atoms with van der Waals surface area (Å²) >= 11 is 1.25. The SMILES string of the molecule is COC(=O)C(CCSC)NS(=O)(=O)c1cc(C(F)(F)F)cc(C(F)(F)F)c1. The van der Waals surface area contributed by atoms with Crippen LogP contribution in [0.5, 0.6) is 0 Å². The zero-order valence-electron chi connectivity index (χ0n) is 13.9. The molecule has 1 atom stereocenters. The summed E-state index contributed by atoms with van der Waals surface area (Å²) in [6.07, 6.45) is -8.82. The summed E-state index contributed by atoms with van der Waals surface area (Å²) in [6, 6.07) is -1.51. The highest BCUT2D eigenvalue weighted by atomic mass is 32.2. The molecule has 0 aliphatic carbocycles.